The van der Waals surface area contributed by atoms with Crippen LogP contribution in [0.25, 0.3) is 0 Å². The van der Waals surface area contributed by atoms with Gasteiger partial charge in [-0.2, -0.15) is 0 Å². The highest BCUT2D eigenvalue weighted by Crippen LogP contribution is 2.49. The van der Waals surface area contributed by atoms with E-state index in [9.17, 15) is 24.0 Å². The Bertz CT molecular complexity index is 964. The summed E-state index contributed by atoms with van der Waals surface area (Å²) in [5.41, 5.74) is -0.638. The van der Waals surface area contributed by atoms with Gasteiger partial charge in [-0.1, -0.05) is 6.07 Å². The molecule has 0 unspecified atom stereocenters. The summed E-state index contributed by atoms with van der Waals surface area (Å²) in [7, 11) is 0. The molecule has 5 rings (SSSR count). The summed E-state index contributed by atoms with van der Waals surface area (Å²) in [6, 6.07) is 4.10. The molecule has 9 heteroatoms. The number of carbonyl (C=O) groups is 5. The number of nitrogens with one attached hydrogen (secondary N) is 3. The van der Waals surface area contributed by atoms with Gasteiger partial charge >= 0.3 is 0 Å². The van der Waals surface area contributed by atoms with Crippen LogP contribution in [-0.4, -0.2) is 52.1 Å². The van der Waals surface area contributed by atoms with Crippen LogP contribution in [0.2, 0.25) is 0 Å². The van der Waals surface area contributed by atoms with Gasteiger partial charge < -0.3 is 10.6 Å². The third-order valence-electron chi connectivity index (χ3n) is 5.74. The van der Waals surface area contributed by atoms with Crippen molar-refractivity contribution in [2.24, 2.45) is 5.92 Å². The molecule has 3 fully saturated rings. The number of nitrogens with zero attached hydrogens (tertiary/aromatic N) is 1. The van der Waals surface area contributed by atoms with Crippen LogP contribution in [0.4, 0.5) is 5.69 Å². The number of anilines is 1. The molecule has 1 aromatic rings. The fourth-order valence-electron chi connectivity index (χ4n) is 4.24. The lowest BCUT2D eigenvalue weighted by Crippen LogP contribution is -2.74. The smallest absolute Gasteiger partial charge is 0.264 e. The molecule has 2 bridgehead atoms. The number of amides is 5. The zero-order valence-corrected chi connectivity index (χ0v) is 16.4. The monoisotopic (exact) mass is 398 g/mol. The van der Waals surface area contributed by atoms with Gasteiger partial charge in [0.05, 0.1) is 11.1 Å². The molecule has 0 aromatic heterocycles. The van der Waals surface area contributed by atoms with E-state index in [0.717, 1.165) is 4.90 Å². The number of fused-ring (bicyclic) bond motifs is 3. The number of hydrogen-bond donors (Lipinski definition) is 3. The number of hydrogen-bond acceptors (Lipinski definition) is 6. The molecule has 9 nitrogen and oxygen atoms in total. The summed E-state index contributed by atoms with van der Waals surface area (Å²) in [6.45, 7) is 5.34. The highest BCUT2D eigenvalue weighted by molar-refractivity contribution is 6.27. The van der Waals surface area contributed by atoms with Gasteiger partial charge in [0.15, 0.2) is 0 Å². The van der Waals surface area contributed by atoms with Crippen molar-refractivity contribution >= 4 is 35.2 Å². The van der Waals surface area contributed by atoms with Crippen molar-refractivity contribution in [1.82, 2.24) is 15.5 Å². The molecule has 5 amide bonds. The van der Waals surface area contributed by atoms with Crippen LogP contribution in [0, 0.1) is 5.92 Å². The average molecular weight is 398 g/mol. The van der Waals surface area contributed by atoms with Crippen molar-refractivity contribution in [3.63, 3.8) is 0 Å². The second kappa shape index (κ2) is 6.40. The summed E-state index contributed by atoms with van der Waals surface area (Å²) < 4.78 is 0. The topological polar surface area (TPSA) is 125 Å². The Labute approximate surface area is 167 Å². The van der Waals surface area contributed by atoms with Crippen LogP contribution in [0.3, 0.4) is 0 Å². The maximum absolute atomic E-state index is 13.2. The zero-order valence-electron chi connectivity index (χ0n) is 16.4. The van der Waals surface area contributed by atoms with Gasteiger partial charge in [0.25, 0.3) is 17.7 Å². The van der Waals surface area contributed by atoms with Gasteiger partial charge in [0.1, 0.15) is 11.6 Å². The van der Waals surface area contributed by atoms with Crippen LogP contribution in [0.5, 0.6) is 0 Å². The second-order valence-electron chi connectivity index (χ2n) is 8.16. The number of rotatable bonds is 5. The molecule has 0 spiro atoms. The van der Waals surface area contributed by atoms with Crippen molar-refractivity contribution in [1.29, 1.82) is 0 Å². The predicted molar refractivity (Wildman–Crippen MR) is 102 cm³/mol. The van der Waals surface area contributed by atoms with E-state index in [-0.39, 0.29) is 47.7 Å². The fraction of sp³-hybridized carbons (Fsp3) is 0.450. The molecule has 1 saturated carbocycles. The average Bonchev–Trinajstić information content (AvgIpc) is 2.86. The first-order valence-electron chi connectivity index (χ1n) is 9.60. The van der Waals surface area contributed by atoms with E-state index >= 15 is 0 Å². The minimum atomic E-state index is -1.32. The number of imide groups is 2. The lowest BCUT2D eigenvalue weighted by molar-refractivity contribution is -0.158. The summed E-state index contributed by atoms with van der Waals surface area (Å²) >= 11 is 0. The normalized spacial score (nSPS) is 26.1. The third-order valence-corrected chi connectivity index (χ3v) is 5.74. The van der Waals surface area contributed by atoms with Gasteiger partial charge in [-0.15, -0.1) is 0 Å². The molecule has 3 heterocycles. The minimum Gasteiger partial charge on any atom is -0.373 e. The molecule has 1 aliphatic carbocycles. The van der Waals surface area contributed by atoms with Crippen LogP contribution < -0.4 is 16.0 Å². The van der Waals surface area contributed by atoms with E-state index in [1.165, 1.54) is 6.07 Å². The fourth-order valence-corrected chi connectivity index (χ4v) is 4.24. The maximum atomic E-state index is 13.2. The SMILES string of the molecule is CC(C)NC(=O)[C@@H](C)Nc1cccc2c1C(=O)N(C13CC(C1)C(=O)NC3=O)C2=O. The molecule has 3 N–H and O–H groups in total. The Morgan fingerprint density at radius 3 is 2.45 bits per heavy atom. The van der Waals surface area contributed by atoms with E-state index < -0.39 is 29.3 Å². The number of benzene rings is 1. The van der Waals surface area contributed by atoms with Crippen LogP contribution in [-0.2, 0) is 14.4 Å². The van der Waals surface area contributed by atoms with Crippen molar-refractivity contribution in [3.8, 4) is 0 Å². The quantitative estimate of drug-likeness (QED) is 0.617. The first kappa shape index (κ1) is 19.1. The minimum absolute atomic E-state index is 0.0369. The number of piperidine rings is 2. The Kier molecular flexibility index (Phi) is 4.21. The van der Waals surface area contributed by atoms with Gasteiger partial charge in [-0.25, -0.2) is 0 Å². The van der Waals surface area contributed by atoms with Gasteiger partial charge in [0, 0.05) is 17.6 Å². The van der Waals surface area contributed by atoms with Gasteiger partial charge in [-0.3, -0.25) is 34.2 Å². The molecule has 29 heavy (non-hydrogen) atoms. The Balaban J connectivity index is 1.64. The van der Waals surface area contributed by atoms with Gasteiger partial charge in [0.2, 0.25) is 11.8 Å². The molecular formula is C20H22N4O5. The highest BCUT2D eigenvalue weighted by atomic mass is 16.2. The zero-order chi connectivity index (χ0) is 21.1. The molecule has 0 radical (unpaired) electrons. The molecule has 152 valence electrons. The Hall–Kier alpha value is -3.23. The number of carbonyl (C=O) groups excluding carboxylic acids is 5. The second-order valence-corrected chi connectivity index (χ2v) is 8.16. The molecule has 2 saturated heterocycles. The standard InChI is InChI=1S/C20H22N4O5/c1-9(2)21-15(25)10(3)22-13-6-4-5-12-14(13)18(28)24(17(12)27)20-7-11(8-20)16(26)23-19(20)29/h4-6,9-11,22H,7-8H2,1-3H3,(H,21,25)(H,23,26,29)/t10-,11?,20?/m1/s1. The summed E-state index contributed by atoms with van der Waals surface area (Å²) in [4.78, 5) is 63.7. The molecule has 1 atom stereocenters. The van der Waals surface area contributed by atoms with E-state index in [0.29, 0.717) is 5.69 Å². The van der Waals surface area contributed by atoms with E-state index in [1.54, 1.807) is 19.1 Å². The molecule has 3 aliphatic heterocycles. The lowest BCUT2D eigenvalue weighted by Gasteiger charge is -2.52. The molecular weight excluding hydrogens is 376 g/mol. The van der Waals surface area contributed by atoms with E-state index in [2.05, 4.69) is 16.0 Å². The molecule has 4 aliphatic rings. The van der Waals surface area contributed by atoms with Crippen molar-refractivity contribution < 1.29 is 24.0 Å². The third kappa shape index (κ3) is 2.72. The molecule has 1 aromatic carbocycles. The van der Waals surface area contributed by atoms with Crippen molar-refractivity contribution in [2.75, 3.05) is 5.32 Å². The Morgan fingerprint density at radius 1 is 1.14 bits per heavy atom. The van der Waals surface area contributed by atoms with E-state index in [4.69, 9.17) is 0 Å². The largest absolute Gasteiger partial charge is 0.373 e. The summed E-state index contributed by atoms with van der Waals surface area (Å²) in [5.74, 6) is -2.73. The van der Waals surface area contributed by atoms with Crippen LogP contribution in [0.1, 0.15) is 54.3 Å². The van der Waals surface area contributed by atoms with Crippen LogP contribution in [0.15, 0.2) is 18.2 Å². The van der Waals surface area contributed by atoms with Crippen molar-refractivity contribution in [3.05, 3.63) is 29.3 Å². The predicted octanol–water partition coefficient (Wildman–Crippen LogP) is 0.413. The first-order valence-corrected chi connectivity index (χ1v) is 9.60. The van der Waals surface area contributed by atoms with Crippen molar-refractivity contribution in [2.45, 2.75) is 51.2 Å². The van der Waals surface area contributed by atoms with Crippen LogP contribution >= 0.6 is 0 Å². The maximum Gasteiger partial charge on any atom is 0.264 e. The summed E-state index contributed by atoms with van der Waals surface area (Å²) in [6.07, 6.45) is 0.304. The van der Waals surface area contributed by atoms with E-state index in [1.807, 2.05) is 13.8 Å². The van der Waals surface area contributed by atoms with Gasteiger partial charge in [-0.05, 0) is 45.7 Å². The lowest BCUT2D eigenvalue weighted by atomic mass is 9.63. The Morgan fingerprint density at radius 2 is 1.83 bits per heavy atom. The summed E-state index contributed by atoms with van der Waals surface area (Å²) in [5, 5.41) is 8.04. The first-order chi connectivity index (χ1) is 13.7. The highest BCUT2D eigenvalue weighted by Gasteiger charge is 2.65.